The van der Waals surface area contributed by atoms with Gasteiger partial charge in [-0.1, -0.05) is 66.7 Å². The molecule has 0 fully saturated rings. The zero-order chi connectivity index (χ0) is 28.2. The summed E-state index contributed by atoms with van der Waals surface area (Å²) in [6, 6.07) is 46.9. The summed E-state index contributed by atoms with van der Waals surface area (Å²) in [6.45, 7) is 0. The maximum absolute atomic E-state index is 10.1. The maximum atomic E-state index is 10.1. The number of nitrogens with zero attached hydrogens (tertiary/aromatic N) is 2. The van der Waals surface area contributed by atoms with Gasteiger partial charge >= 0.3 is 0 Å². The van der Waals surface area contributed by atoms with Gasteiger partial charge in [-0.25, -0.2) is 0 Å². The molecule has 2 nitrogen and oxygen atoms in total. The number of thiophene rings is 2. The Morgan fingerprint density at radius 1 is 0.405 bits per heavy atom. The third-order valence-corrected chi connectivity index (χ3v) is 10.3. The van der Waals surface area contributed by atoms with Crippen LogP contribution < -0.4 is 0 Å². The van der Waals surface area contributed by atoms with Crippen LogP contribution in [-0.4, -0.2) is 0 Å². The molecule has 0 aliphatic carbocycles. The Bertz CT molecular complexity index is 2450. The van der Waals surface area contributed by atoms with Gasteiger partial charge in [-0.3, -0.25) is 0 Å². The molecule has 0 unspecified atom stereocenters. The number of rotatable bonds is 3. The summed E-state index contributed by atoms with van der Waals surface area (Å²) in [5.41, 5.74) is 7.14. The van der Waals surface area contributed by atoms with Gasteiger partial charge in [0, 0.05) is 45.9 Å². The first-order valence-electron chi connectivity index (χ1n) is 13.6. The van der Waals surface area contributed by atoms with Gasteiger partial charge in [-0.15, -0.1) is 22.7 Å². The van der Waals surface area contributed by atoms with Crippen molar-refractivity contribution in [1.82, 2.24) is 0 Å². The van der Waals surface area contributed by atoms with Gasteiger partial charge in [0.05, 0.1) is 23.3 Å². The summed E-state index contributed by atoms with van der Waals surface area (Å²) in [4.78, 5) is 0. The minimum absolute atomic E-state index is 0.481. The van der Waals surface area contributed by atoms with Gasteiger partial charge in [0.1, 0.15) is 0 Å². The zero-order valence-electron chi connectivity index (χ0n) is 22.3. The van der Waals surface area contributed by atoms with E-state index in [9.17, 15) is 10.5 Å². The van der Waals surface area contributed by atoms with Gasteiger partial charge in [0.2, 0.25) is 0 Å². The quantitative estimate of drug-likeness (QED) is 0.213. The number of hydrogen-bond acceptors (Lipinski definition) is 4. The summed E-state index contributed by atoms with van der Waals surface area (Å²) < 4.78 is 5.08. The van der Waals surface area contributed by atoms with E-state index in [4.69, 9.17) is 0 Å². The van der Waals surface area contributed by atoms with Crippen LogP contribution in [0.1, 0.15) is 11.1 Å². The van der Waals surface area contributed by atoms with Gasteiger partial charge < -0.3 is 0 Å². The van der Waals surface area contributed by atoms with Crippen molar-refractivity contribution in [2.24, 2.45) is 0 Å². The number of benzene rings is 6. The van der Waals surface area contributed by atoms with Crippen LogP contribution in [0.3, 0.4) is 0 Å². The molecule has 0 bridgehead atoms. The lowest BCUT2D eigenvalue weighted by Gasteiger charge is -2.15. The Labute approximate surface area is 250 Å². The van der Waals surface area contributed by atoms with E-state index in [1.165, 1.54) is 40.3 Å². The molecule has 0 N–H and O–H groups in total. The first-order valence-corrected chi connectivity index (χ1v) is 15.3. The first kappa shape index (κ1) is 24.5. The third kappa shape index (κ3) is 3.90. The highest BCUT2D eigenvalue weighted by Crippen LogP contribution is 2.42. The smallest absolute Gasteiger partial charge is 0.0998 e. The van der Waals surface area contributed by atoms with Crippen LogP contribution in [0.2, 0.25) is 0 Å². The average molecular weight is 569 g/mol. The van der Waals surface area contributed by atoms with Crippen LogP contribution in [0.25, 0.3) is 73.7 Å². The van der Waals surface area contributed by atoms with Crippen LogP contribution in [0, 0.1) is 22.7 Å². The van der Waals surface area contributed by atoms with Gasteiger partial charge in [0.25, 0.3) is 0 Å². The van der Waals surface area contributed by atoms with Crippen molar-refractivity contribution in [2.45, 2.75) is 0 Å². The second-order valence-electron chi connectivity index (χ2n) is 10.4. The van der Waals surface area contributed by atoms with Crippen molar-refractivity contribution in [3.63, 3.8) is 0 Å². The van der Waals surface area contributed by atoms with Crippen LogP contribution in [0.4, 0.5) is 0 Å². The zero-order valence-corrected chi connectivity index (χ0v) is 23.9. The molecule has 8 aromatic rings. The molecule has 0 saturated carbocycles. The van der Waals surface area contributed by atoms with Gasteiger partial charge in [-0.05, 0) is 82.4 Å². The molecule has 0 aliphatic heterocycles. The fourth-order valence-corrected chi connectivity index (χ4v) is 8.11. The Morgan fingerprint density at radius 3 is 1.62 bits per heavy atom. The van der Waals surface area contributed by atoms with E-state index in [0.717, 1.165) is 33.4 Å². The molecule has 0 saturated heterocycles. The summed E-state index contributed by atoms with van der Waals surface area (Å²) in [5, 5.41) is 24.6. The molecule has 4 heteroatoms. The highest BCUT2D eigenvalue weighted by atomic mass is 32.1. The minimum Gasteiger partial charge on any atom is -0.192 e. The summed E-state index contributed by atoms with van der Waals surface area (Å²) >= 11 is 3.62. The number of hydrogen-bond donors (Lipinski definition) is 0. The molecule has 194 valence electrons. The summed E-state index contributed by atoms with van der Waals surface area (Å²) in [5.74, 6) is 0. The molecule has 0 amide bonds. The molecule has 0 atom stereocenters. The second-order valence-corrected chi connectivity index (χ2v) is 12.5. The molecule has 2 aromatic heterocycles. The molecule has 8 rings (SSSR count). The number of nitriles is 2. The highest BCUT2D eigenvalue weighted by Gasteiger charge is 2.16. The van der Waals surface area contributed by atoms with Crippen molar-refractivity contribution in [3.05, 3.63) is 132 Å². The minimum atomic E-state index is 0.481. The van der Waals surface area contributed by atoms with Crippen molar-refractivity contribution in [3.8, 4) is 45.5 Å². The van der Waals surface area contributed by atoms with E-state index in [0.29, 0.717) is 11.1 Å². The fourth-order valence-electron chi connectivity index (χ4n) is 5.94. The third-order valence-electron chi connectivity index (χ3n) is 7.98. The van der Waals surface area contributed by atoms with E-state index < -0.39 is 0 Å². The summed E-state index contributed by atoms with van der Waals surface area (Å²) in [7, 11) is 0. The molecule has 0 spiro atoms. The SMILES string of the molecule is N#Cc1ccc(-c2cc(-c3ccc4sc5ccccc5c4c3)ccc2-c2ccc3sc4ccccc4c3c2)c(C#N)c1. The Hall–Kier alpha value is -5.26. The Morgan fingerprint density at radius 2 is 0.952 bits per heavy atom. The van der Waals surface area contributed by atoms with Crippen molar-refractivity contribution in [1.29, 1.82) is 10.5 Å². The lowest BCUT2D eigenvalue weighted by atomic mass is 9.88. The van der Waals surface area contributed by atoms with Crippen LogP contribution in [0.5, 0.6) is 0 Å². The van der Waals surface area contributed by atoms with E-state index in [1.54, 1.807) is 23.5 Å². The molecule has 2 heterocycles. The fraction of sp³-hybridized carbons (Fsp3) is 0. The van der Waals surface area contributed by atoms with E-state index in [-0.39, 0.29) is 0 Å². The lowest BCUT2D eigenvalue weighted by molar-refractivity contribution is 1.44. The average Bonchev–Trinajstić information content (AvgIpc) is 3.61. The van der Waals surface area contributed by atoms with Gasteiger partial charge in [-0.2, -0.15) is 10.5 Å². The van der Waals surface area contributed by atoms with Crippen molar-refractivity contribution in [2.75, 3.05) is 0 Å². The largest absolute Gasteiger partial charge is 0.192 e. The number of fused-ring (bicyclic) bond motifs is 6. The molecule has 42 heavy (non-hydrogen) atoms. The lowest BCUT2D eigenvalue weighted by Crippen LogP contribution is -1.92. The van der Waals surface area contributed by atoms with Crippen LogP contribution in [-0.2, 0) is 0 Å². The predicted octanol–water partition coefficient (Wildman–Crippen LogP) is 11.2. The van der Waals surface area contributed by atoms with E-state index in [1.807, 2.05) is 17.4 Å². The first-order chi connectivity index (χ1) is 20.7. The standard InChI is InChI=1S/C38H20N2S2/c39-21-23-9-13-29(27(17-23)22-40)32-18-24(25-11-15-37-33(19-25)30-5-1-3-7-35(30)41-37)10-14-28(32)26-12-16-38-34(20-26)31-6-2-4-8-36(31)42-38/h1-20H. The Kier molecular flexibility index (Phi) is 5.66. The normalized spacial score (nSPS) is 11.3. The Balaban J connectivity index is 1.36. The monoisotopic (exact) mass is 568 g/mol. The second kappa shape index (κ2) is 9.68. The van der Waals surface area contributed by atoms with Crippen LogP contribution >= 0.6 is 22.7 Å². The molecule has 6 aromatic carbocycles. The molecular weight excluding hydrogens is 549 g/mol. The van der Waals surface area contributed by atoms with Crippen LogP contribution in [0.15, 0.2) is 121 Å². The summed E-state index contributed by atoms with van der Waals surface area (Å²) in [6.07, 6.45) is 0. The molecular formula is C38H20N2S2. The topological polar surface area (TPSA) is 47.6 Å². The van der Waals surface area contributed by atoms with Gasteiger partial charge in [0.15, 0.2) is 0 Å². The highest BCUT2D eigenvalue weighted by molar-refractivity contribution is 7.26. The van der Waals surface area contributed by atoms with E-state index >= 15 is 0 Å². The maximum Gasteiger partial charge on any atom is 0.0998 e. The molecule has 0 radical (unpaired) electrons. The van der Waals surface area contributed by atoms with E-state index in [2.05, 4.69) is 115 Å². The molecule has 0 aliphatic rings. The predicted molar refractivity (Wildman–Crippen MR) is 178 cm³/mol. The van der Waals surface area contributed by atoms with Crippen molar-refractivity contribution < 1.29 is 0 Å². The van der Waals surface area contributed by atoms with Crippen molar-refractivity contribution >= 4 is 63.0 Å².